The highest BCUT2D eigenvalue weighted by Crippen LogP contribution is 2.31. The number of benzene rings is 2. The van der Waals surface area contributed by atoms with Crippen LogP contribution in [0.4, 0.5) is 4.79 Å². The average Bonchev–Trinajstić information content (AvgIpc) is 3.79. The van der Waals surface area contributed by atoms with E-state index in [0.717, 1.165) is 41.4 Å². The number of carboxylic acid groups (broad SMARTS) is 1. The molecule has 3 aliphatic rings. The van der Waals surface area contributed by atoms with E-state index in [9.17, 15) is 19.2 Å². The van der Waals surface area contributed by atoms with Crippen LogP contribution >= 0.6 is 15.9 Å². The van der Waals surface area contributed by atoms with E-state index in [-0.39, 0.29) is 36.3 Å². The number of amides is 4. The van der Waals surface area contributed by atoms with Gasteiger partial charge in [-0.1, -0.05) is 79.2 Å². The van der Waals surface area contributed by atoms with Gasteiger partial charge in [0.1, 0.15) is 5.54 Å². The molecule has 0 bridgehead atoms. The Hall–Kier alpha value is -3.24. The Morgan fingerprint density at radius 2 is 1.67 bits per heavy atom. The fourth-order valence-corrected chi connectivity index (χ4v) is 5.38. The first kappa shape index (κ1) is 31.7. The van der Waals surface area contributed by atoms with Crippen LogP contribution in [0.5, 0.6) is 0 Å². The second kappa shape index (κ2) is 13.4. The van der Waals surface area contributed by atoms with Crippen molar-refractivity contribution in [3.63, 3.8) is 0 Å². The van der Waals surface area contributed by atoms with Crippen LogP contribution in [0.2, 0.25) is 0 Å². The highest BCUT2D eigenvalue weighted by Gasteiger charge is 2.52. The smallest absolute Gasteiger partial charge is 0.325 e. The van der Waals surface area contributed by atoms with Crippen molar-refractivity contribution in [2.45, 2.75) is 71.0 Å². The lowest BCUT2D eigenvalue weighted by Crippen LogP contribution is -2.55. The number of hydrogen-bond acceptors (Lipinski definition) is 5. The van der Waals surface area contributed by atoms with Crippen molar-refractivity contribution in [2.24, 2.45) is 11.3 Å². The molecular weight excluding hydrogens is 600 g/mol. The van der Waals surface area contributed by atoms with Crippen molar-refractivity contribution >= 4 is 39.7 Å². The number of imide groups is 1. The summed E-state index contributed by atoms with van der Waals surface area (Å²) in [5, 5.41) is 14.3. The van der Waals surface area contributed by atoms with Gasteiger partial charge in [-0.2, -0.15) is 0 Å². The number of carbonyl (C=O) groups excluding carboxylic acids is 3. The number of urea groups is 1. The van der Waals surface area contributed by atoms with Gasteiger partial charge in [-0.15, -0.1) is 0 Å². The molecule has 2 aliphatic heterocycles. The lowest BCUT2D eigenvalue weighted by Gasteiger charge is -2.38. The topological polar surface area (TPSA) is 119 Å². The second-order valence-corrected chi connectivity index (χ2v) is 13.4. The Morgan fingerprint density at radius 3 is 2.19 bits per heavy atom. The largest absolute Gasteiger partial charge is 0.481 e. The van der Waals surface area contributed by atoms with Crippen LogP contribution in [-0.2, 0) is 20.9 Å². The predicted molar refractivity (Wildman–Crippen MR) is 163 cm³/mol. The maximum Gasteiger partial charge on any atom is 0.325 e. The lowest BCUT2D eigenvalue weighted by molar-refractivity contribution is -0.138. The van der Waals surface area contributed by atoms with Gasteiger partial charge < -0.3 is 20.6 Å². The molecule has 10 heteroatoms. The highest BCUT2D eigenvalue weighted by molar-refractivity contribution is 9.10. The molecule has 1 aliphatic carbocycles. The van der Waals surface area contributed by atoms with Gasteiger partial charge in [0.15, 0.2) is 0 Å². The fraction of sp³-hybridized carbons (Fsp3) is 0.500. The summed E-state index contributed by atoms with van der Waals surface area (Å²) >= 11 is 3.41. The van der Waals surface area contributed by atoms with E-state index in [1.807, 2.05) is 75.4 Å². The summed E-state index contributed by atoms with van der Waals surface area (Å²) in [4.78, 5) is 52.1. The standard InChI is InChI=1S/C28H35BrN4O3.C4H6O2/c1-27(2,3)24(34)30-23(21-7-5-4-6-8-21)13-16-32-17-14-28(15-18-32)25(35)33(26(36)31-28)19-20-9-11-22(29)12-10-20;5-4(6)3-1-2-3/h4-12,23H,13-19H2,1-3H3,(H,30,34)(H,31,36);3H,1-2H2,(H,5,6)/t23-;/m0./s1. The molecule has 3 N–H and O–H groups in total. The van der Waals surface area contributed by atoms with Crippen LogP contribution in [0.3, 0.4) is 0 Å². The molecule has 226 valence electrons. The SMILES string of the molecule is CC(C)(C)C(=O)N[C@@H](CCN1CCC2(CC1)NC(=O)N(Cc1ccc(Br)cc1)C2=O)c1ccccc1.O=C(O)C1CC1. The molecule has 0 unspecified atom stereocenters. The number of carbonyl (C=O) groups is 4. The van der Waals surface area contributed by atoms with Crippen LogP contribution in [0.25, 0.3) is 0 Å². The molecule has 1 atom stereocenters. The Kier molecular flexibility index (Phi) is 10.1. The van der Waals surface area contributed by atoms with Crippen LogP contribution in [-0.4, -0.2) is 63.9 Å². The zero-order chi connectivity index (χ0) is 30.5. The van der Waals surface area contributed by atoms with Gasteiger partial charge >= 0.3 is 12.0 Å². The summed E-state index contributed by atoms with van der Waals surface area (Å²) in [5.74, 6) is -0.714. The first-order chi connectivity index (χ1) is 19.9. The average molecular weight is 642 g/mol. The molecule has 5 rings (SSSR count). The van der Waals surface area contributed by atoms with E-state index in [0.29, 0.717) is 25.9 Å². The number of nitrogens with zero attached hydrogens (tertiary/aromatic N) is 2. The van der Waals surface area contributed by atoms with Crippen LogP contribution in [0.15, 0.2) is 59.1 Å². The first-order valence-corrected chi connectivity index (χ1v) is 15.4. The molecule has 2 heterocycles. The summed E-state index contributed by atoms with van der Waals surface area (Å²) in [7, 11) is 0. The molecule has 0 radical (unpaired) electrons. The van der Waals surface area contributed by atoms with Gasteiger partial charge in [0.25, 0.3) is 5.91 Å². The minimum Gasteiger partial charge on any atom is -0.481 e. The molecule has 2 aromatic carbocycles. The number of aliphatic carboxylic acids is 1. The fourth-order valence-electron chi connectivity index (χ4n) is 5.11. The first-order valence-electron chi connectivity index (χ1n) is 14.6. The molecule has 1 saturated carbocycles. The van der Waals surface area contributed by atoms with Crippen molar-refractivity contribution < 1.29 is 24.3 Å². The Morgan fingerprint density at radius 1 is 1.05 bits per heavy atom. The number of piperidine rings is 1. The Balaban J connectivity index is 0.000000600. The molecular formula is C32H41BrN4O5. The molecule has 3 fully saturated rings. The number of halogens is 1. The van der Waals surface area contributed by atoms with Crippen LogP contribution in [0, 0.1) is 11.3 Å². The third kappa shape index (κ3) is 8.19. The van der Waals surface area contributed by atoms with E-state index in [2.05, 4.69) is 31.5 Å². The third-order valence-electron chi connectivity index (χ3n) is 8.06. The van der Waals surface area contributed by atoms with E-state index in [4.69, 9.17) is 5.11 Å². The quantitative estimate of drug-likeness (QED) is 0.345. The van der Waals surface area contributed by atoms with Gasteiger partial charge in [0, 0.05) is 29.5 Å². The van der Waals surface area contributed by atoms with E-state index in [1.165, 1.54) is 4.90 Å². The van der Waals surface area contributed by atoms with Gasteiger partial charge in [-0.25, -0.2) is 4.79 Å². The summed E-state index contributed by atoms with van der Waals surface area (Å²) < 4.78 is 0.958. The van der Waals surface area contributed by atoms with Crippen molar-refractivity contribution in [1.29, 1.82) is 0 Å². The van der Waals surface area contributed by atoms with Gasteiger partial charge in [-0.3, -0.25) is 19.3 Å². The minimum absolute atomic E-state index is 0.0185. The maximum atomic E-state index is 13.3. The molecule has 4 amide bonds. The van der Waals surface area contributed by atoms with Crippen LogP contribution < -0.4 is 10.6 Å². The number of nitrogens with one attached hydrogen (secondary N) is 2. The number of likely N-dealkylation sites (tertiary alicyclic amines) is 1. The summed E-state index contributed by atoms with van der Waals surface area (Å²) in [6.07, 6.45) is 3.73. The Bertz CT molecular complexity index is 1270. The van der Waals surface area contributed by atoms with E-state index < -0.39 is 16.9 Å². The molecule has 42 heavy (non-hydrogen) atoms. The number of carboxylic acids is 1. The normalized spacial score (nSPS) is 19.1. The minimum atomic E-state index is -0.817. The summed E-state index contributed by atoms with van der Waals surface area (Å²) in [6, 6.07) is 17.3. The third-order valence-corrected chi connectivity index (χ3v) is 8.59. The van der Waals surface area contributed by atoms with Crippen molar-refractivity contribution in [2.75, 3.05) is 19.6 Å². The molecule has 1 spiro atoms. The molecule has 9 nitrogen and oxygen atoms in total. The number of hydrogen-bond donors (Lipinski definition) is 3. The lowest BCUT2D eigenvalue weighted by atomic mass is 9.87. The zero-order valence-electron chi connectivity index (χ0n) is 24.6. The van der Waals surface area contributed by atoms with Gasteiger partial charge in [-0.05, 0) is 55.4 Å². The van der Waals surface area contributed by atoms with Gasteiger partial charge in [0.05, 0.1) is 18.5 Å². The monoisotopic (exact) mass is 640 g/mol. The Labute approximate surface area is 256 Å². The number of rotatable bonds is 8. The predicted octanol–water partition coefficient (Wildman–Crippen LogP) is 5.11. The highest BCUT2D eigenvalue weighted by atomic mass is 79.9. The summed E-state index contributed by atoms with van der Waals surface area (Å²) in [6.45, 7) is 8.25. The molecule has 0 aromatic heterocycles. The molecule has 2 aromatic rings. The summed E-state index contributed by atoms with van der Waals surface area (Å²) in [5.41, 5.74) is 0.724. The van der Waals surface area contributed by atoms with Crippen molar-refractivity contribution in [3.05, 3.63) is 70.2 Å². The van der Waals surface area contributed by atoms with E-state index >= 15 is 0 Å². The van der Waals surface area contributed by atoms with Gasteiger partial charge in [0.2, 0.25) is 5.91 Å². The van der Waals surface area contributed by atoms with E-state index in [1.54, 1.807) is 0 Å². The van der Waals surface area contributed by atoms with Crippen molar-refractivity contribution in [1.82, 2.24) is 20.4 Å². The van der Waals surface area contributed by atoms with Crippen LogP contribution in [0.1, 0.15) is 70.0 Å². The second-order valence-electron chi connectivity index (χ2n) is 12.5. The maximum absolute atomic E-state index is 13.3. The zero-order valence-corrected chi connectivity index (χ0v) is 26.2. The van der Waals surface area contributed by atoms with Crippen molar-refractivity contribution in [3.8, 4) is 0 Å². The molecule has 2 saturated heterocycles.